The number of hydrogen-bond acceptors (Lipinski definition) is 2. The summed E-state index contributed by atoms with van der Waals surface area (Å²) < 4.78 is 0. The predicted molar refractivity (Wildman–Crippen MR) is 110 cm³/mol. The molecule has 128 valence electrons. The minimum absolute atomic E-state index is 0. The van der Waals surface area contributed by atoms with Gasteiger partial charge in [0.1, 0.15) is 0 Å². The summed E-state index contributed by atoms with van der Waals surface area (Å²) in [6.45, 7) is 2.25. The Morgan fingerprint density at radius 1 is 1.21 bits per heavy atom. The van der Waals surface area contributed by atoms with Crippen LogP contribution in [0.5, 0.6) is 0 Å². The van der Waals surface area contributed by atoms with Crippen LogP contribution >= 0.6 is 24.0 Å². The Balaban J connectivity index is 0.00000208. The van der Waals surface area contributed by atoms with Gasteiger partial charge in [0.2, 0.25) is 0 Å². The van der Waals surface area contributed by atoms with Crippen LogP contribution in [0, 0.1) is 6.92 Å². The van der Waals surface area contributed by atoms with Crippen LogP contribution in [0.3, 0.4) is 0 Å². The summed E-state index contributed by atoms with van der Waals surface area (Å²) in [4.78, 5) is 4.25. The smallest absolute Gasteiger partial charge is 0.193 e. The van der Waals surface area contributed by atoms with Crippen molar-refractivity contribution in [2.24, 2.45) is 10.7 Å². The van der Waals surface area contributed by atoms with Crippen LogP contribution in [0.4, 0.5) is 5.69 Å². The molecule has 0 radical (unpaired) electrons. The molecule has 2 aromatic rings. The van der Waals surface area contributed by atoms with Crippen molar-refractivity contribution in [3.63, 3.8) is 0 Å². The molecule has 1 atom stereocenters. The summed E-state index contributed by atoms with van der Waals surface area (Å²) in [7, 11) is 0. The van der Waals surface area contributed by atoms with Gasteiger partial charge in [0.25, 0.3) is 0 Å². The Bertz CT molecular complexity index is 730. The highest BCUT2D eigenvalue weighted by atomic mass is 127. The van der Waals surface area contributed by atoms with Crippen molar-refractivity contribution in [1.29, 1.82) is 0 Å². The fourth-order valence-electron chi connectivity index (χ4n) is 3.00. The predicted octanol–water partition coefficient (Wildman–Crippen LogP) is 3.56. The molecule has 0 aromatic heterocycles. The van der Waals surface area contributed by atoms with Gasteiger partial charge in [-0.1, -0.05) is 35.9 Å². The van der Waals surface area contributed by atoms with Gasteiger partial charge in [0, 0.05) is 5.69 Å². The van der Waals surface area contributed by atoms with Gasteiger partial charge in [-0.15, -0.1) is 24.0 Å². The molecular weight excluding hydrogens is 413 g/mol. The number of guanidine groups is 1. The van der Waals surface area contributed by atoms with Crippen LogP contribution in [0.1, 0.15) is 34.8 Å². The summed E-state index contributed by atoms with van der Waals surface area (Å²) in [6, 6.07) is 14.1. The number of aliphatic imine (C=N–C) groups is 1. The van der Waals surface area contributed by atoms with E-state index in [0.717, 1.165) is 23.2 Å². The molecule has 4 nitrogen and oxygen atoms in total. The van der Waals surface area contributed by atoms with Crippen molar-refractivity contribution < 1.29 is 5.11 Å². The fourth-order valence-corrected chi connectivity index (χ4v) is 3.00. The Morgan fingerprint density at radius 3 is 2.79 bits per heavy atom. The quantitative estimate of drug-likeness (QED) is 0.389. The molecule has 0 bridgehead atoms. The molecule has 0 saturated carbocycles. The van der Waals surface area contributed by atoms with Crippen LogP contribution in [-0.4, -0.2) is 17.6 Å². The van der Waals surface area contributed by atoms with Crippen molar-refractivity contribution in [2.75, 3.05) is 11.9 Å². The number of benzene rings is 2. The van der Waals surface area contributed by atoms with Crippen molar-refractivity contribution in [2.45, 2.75) is 32.3 Å². The van der Waals surface area contributed by atoms with E-state index >= 15 is 0 Å². The van der Waals surface area contributed by atoms with Gasteiger partial charge in [-0.05, 0) is 55.0 Å². The fraction of sp³-hybridized carbons (Fsp3) is 0.316. The molecule has 2 aromatic carbocycles. The molecule has 1 aliphatic rings. The number of fused-ring (bicyclic) bond motifs is 1. The zero-order valence-electron chi connectivity index (χ0n) is 13.8. The Hall–Kier alpha value is -1.60. The number of aliphatic hydroxyl groups excluding tert-OH is 1. The first-order chi connectivity index (χ1) is 11.1. The molecule has 0 saturated heterocycles. The third-order valence-electron chi connectivity index (χ3n) is 4.23. The second-order valence-electron chi connectivity index (χ2n) is 6.12. The topological polar surface area (TPSA) is 70.6 Å². The molecule has 1 unspecified atom stereocenters. The van der Waals surface area contributed by atoms with Gasteiger partial charge in [-0.2, -0.15) is 0 Å². The first kappa shape index (κ1) is 18.7. The van der Waals surface area contributed by atoms with E-state index in [2.05, 4.69) is 22.4 Å². The molecule has 0 amide bonds. The highest BCUT2D eigenvalue weighted by Crippen LogP contribution is 2.24. The van der Waals surface area contributed by atoms with Crippen LogP contribution in [0.25, 0.3) is 0 Å². The minimum Gasteiger partial charge on any atom is -0.386 e. The number of nitrogens with two attached hydrogens (primary N) is 1. The SMILES string of the molecule is Cc1cccc(C(O)CN=C(N)Nc2ccc3c(c2)CCC3)c1.I. The normalized spacial score (nSPS) is 14.7. The number of halogens is 1. The Morgan fingerprint density at radius 2 is 2.00 bits per heavy atom. The summed E-state index contributed by atoms with van der Waals surface area (Å²) in [5.41, 5.74) is 11.7. The van der Waals surface area contributed by atoms with E-state index in [1.807, 2.05) is 37.3 Å². The second-order valence-corrected chi connectivity index (χ2v) is 6.12. The number of hydrogen-bond donors (Lipinski definition) is 3. The number of nitrogens with one attached hydrogen (secondary N) is 1. The van der Waals surface area contributed by atoms with Crippen LogP contribution in [0.15, 0.2) is 47.5 Å². The maximum atomic E-state index is 10.2. The largest absolute Gasteiger partial charge is 0.386 e. The van der Waals surface area contributed by atoms with E-state index in [1.54, 1.807) is 0 Å². The minimum atomic E-state index is -0.643. The van der Waals surface area contributed by atoms with Crippen molar-refractivity contribution in [1.82, 2.24) is 0 Å². The standard InChI is InChI=1S/C19H23N3O.HI/c1-13-4-2-7-16(10-13)18(23)12-21-19(20)22-17-9-8-14-5-3-6-15(14)11-17;/h2,4,7-11,18,23H,3,5-6,12H2,1H3,(H3,20,21,22);1H. The lowest BCUT2D eigenvalue weighted by molar-refractivity contribution is 0.187. The lowest BCUT2D eigenvalue weighted by Crippen LogP contribution is -2.23. The van der Waals surface area contributed by atoms with E-state index in [4.69, 9.17) is 5.73 Å². The third kappa shape index (κ3) is 4.70. The summed E-state index contributed by atoms with van der Waals surface area (Å²) >= 11 is 0. The zero-order valence-corrected chi connectivity index (χ0v) is 16.2. The van der Waals surface area contributed by atoms with E-state index in [1.165, 1.54) is 24.0 Å². The highest BCUT2D eigenvalue weighted by Gasteiger charge is 2.11. The second kappa shape index (κ2) is 8.48. The van der Waals surface area contributed by atoms with Gasteiger partial charge in [-0.3, -0.25) is 4.99 Å². The molecule has 0 fully saturated rings. The number of aliphatic hydroxyl groups is 1. The summed E-state index contributed by atoms with van der Waals surface area (Å²) in [6.07, 6.45) is 2.89. The van der Waals surface area contributed by atoms with E-state index < -0.39 is 6.10 Å². The molecule has 0 heterocycles. The van der Waals surface area contributed by atoms with Crippen LogP contribution < -0.4 is 11.1 Å². The molecule has 24 heavy (non-hydrogen) atoms. The van der Waals surface area contributed by atoms with E-state index in [9.17, 15) is 5.11 Å². The maximum Gasteiger partial charge on any atom is 0.193 e. The Labute approximate surface area is 160 Å². The van der Waals surface area contributed by atoms with Crippen molar-refractivity contribution >= 4 is 35.6 Å². The number of nitrogens with zero attached hydrogens (tertiary/aromatic N) is 1. The average Bonchev–Trinajstić information content (AvgIpc) is 3.00. The molecule has 3 rings (SSSR count). The summed E-state index contributed by atoms with van der Waals surface area (Å²) in [5, 5.41) is 13.3. The van der Waals surface area contributed by atoms with Gasteiger partial charge in [-0.25, -0.2) is 0 Å². The molecular formula is C19H24IN3O. The van der Waals surface area contributed by atoms with Crippen LogP contribution in [-0.2, 0) is 12.8 Å². The first-order valence-corrected chi connectivity index (χ1v) is 8.05. The third-order valence-corrected chi connectivity index (χ3v) is 4.23. The number of rotatable bonds is 4. The zero-order chi connectivity index (χ0) is 16.2. The van der Waals surface area contributed by atoms with Crippen LogP contribution in [0.2, 0.25) is 0 Å². The molecule has 0 aliphatic heterocycles. The average molecular weight is 437 g/mol. The monoisotopic (exact) mass is 437 g/mol. The highest BCUT2D eigenvalue weighted by molar-refractivity contribution is 14.0. The van der Waals surface area contributed by atoms with Gasteiger partial charge < -0.3 is 16.2 Å². The van der Waals surface area contributed by atoms with Gasteiger partial charge in [0.05, 0.1) is 12.6 Å². The molecule has 4 N–H and O–H groups in total. The maximum absolute atomic E-state index is 10.2. The van der Waals surface area contributed by atoms with Crippen molar-refractivity contribution in [3.05, 3.63) is 64.7 Å². The van der Waals surface area contributed by atoms with Gasteiger partial charge >= 0.3 is 0 Å². The van der Waals surface area contributed by atoms with Gasteiger partial charge in [0.15, 0.2) is 5.96 Å². The Kier molecular flexibility index (Phi) is 6.62. The van der Waals surface area contributed by atoms with E-state index in [0.29, 0.717) is 5.96 Å². The summed E-state index contributed by atoms with van der Waals surface area (Å²) in [5.74, 6) is 0.328. The van der Waals surface area contributed by atoms with E-state index in [-0.39, 0.29) is 30.5 Å². The van der Waals surface area contributed by atoms with Crippen molar-refractivity contribution in [3.8, 4) is 0 Å². The molecule has 5 heteroatoms. The number of aryl methyl sites for hydroxylation is 3. The molecule has 1 aliphatic carbocycles. The lowest BCUT2D eigenvalue weighted by Gasteiger charge is -2.11. The molecule has 0 spiro atoms. The lowest BCUT2D eigenvalue weighted by atomic mass is 10.1. The number of anilines is 1. The first-order valence-electron chi connectivity index (χ1n) is 8.05.